The highest BCUT2D eigenvalue weighted by Gasteiger charge is 2.41. The maximum Gasteiger partial charge on any atom is 0.233 e. The molecule has 2 fully saturated rings. The molecule has 0 bridgehead atoms. The van der Waals surface area contributed by atoms with Crippen LogP contribution in [0.2, 0.25) is 0 Å². The average Bonchev–Trinajstić information content (AvgIpc) is 2.66. The number of amides is 1. The largest absolute Gasteiger partial charge is 0.300 e. The molecule has 0 aromatic rings. The third kappa shape index (κ3) is 1.11. The number of rotatable bonds is 0. The lowest BCUT2D eigenvalue weighted by molar-refractivity contribution is -0.133. The van der Waals surface area contributed by atoms with E-state index in [0.717, 1.165) is 38.1 Å². The van der Waals surface area contributed by atoms with E-state index in [1.54, 1.807) is 0 Å². The number of nitrogens with zero attached hydrogens (tertiary/aromatic N) is 2. The van der Waals surface area contributed by atoms with Crippen molar-refractivity contribution < 1.29 is 4.79 Å². The van der Waals surface area contributed by atoms with Crippen LogP contribution in [-0.2, 0) is 4.79 Å². The molecule has 3 nitrogen and oxygen atoms in total. The Kier molecular flexibility index (Phi) is 1.85. The fourth-order valence-electron chi connectivity index (χ4n) is 2.96. The van der Waals surface area contributed by atoms with Crippen molar-refractivity contribution in [3.63, 3.8) is 0 Å². The van der Waals surface area contributed by atoms with Crippen molar-refractivity contribution in [2.75, 3.05) is 6.54 Å². The van der Waals surface area contributed by atoms with Crippen molar-refractivity contribution in [3.05, 3.63) is 0 Å². The average molecular weight is 192 g/mol. The van der Waals surface area contributed by atoms with E-state index >= 15 is 0 Å². The van der Waals surface area contributed by atoms with Gasteiger partial charge in [-0.25, -0.2) is 0 Å². The Labute approximate surface area is 84.2 Å². The number of hydrogen-bond acceptors (Lipinski definition) is 2. The number of piperidine rings is 1. The summed E-state index contributed by atoms with van der Waals surface area (Å²) in [6, 6.07) is 0.340. The lowest BCUT2D eigenvalue weighted by Crippen LogP contribution is -2.49. The number of hydrogen-bond donors (Lipinski definition) is 0. The van der Waals surface area contributed by atoms with Gasteiger partial charge in [-0.2, -0.15) is 0 Å². The molecule has 2 heterocycles. The van der Waals surface area contributed by atoms with Gasteiger partial charge in [0.25, 0.3) is 0 Å². The van der Waals surface area contributed by atoms with E-state index in [0.29, 0.717) is 11.9 Å². The standard InChI is InChI=1S/C11H16N2O/c14-11-8-4-3-5-9(8)12-10-6-1-2-7-13(10)11/h8-9H,1-7H2/t8-,9+/m1/s1. The molecule has 2 atom stereocenters. The van der Waals surface area contributed by atoms with Gasteiger partial charge in [0.1, 0.15) is 5.84 Å². The van der Waals surface area contributed by atoms with Crippen molar-refractivity contribution >= 4 is 11.7 Å². The lowest BCUT2D eigenvalue weighted by atomic mass is 9.97. The first kappa shape index (κ1) is 8.45. The zero-order valence-electron chi connectivity index (χ0n) is 8.41. The number of amidine groups is 1. The Hall–Kier alpha value is -0.860. The van der Waals surface area contributed by atoms with E-state index in [2.05, 4.69) is 0 Å². The monoisotopic (exact) mass is 192 g/mol. The van der Waals surface area contributed by atoms with Gasteiger partial charge < -0.3 is 4.90 Å². The minimum absolute atomic E-state index is 0.233. The molecule has 0 N–H and O–H groups in total. The number of fused-ring (bicyclic) bond motifs is 2. The van der Waals surface area contributed by atoms with E-state index in [9.17, 15) is 4.79 Å². The first-order valence-corrected chi connectivity index (χ1v) is 5.74. The molecule has 3 rings (SSSR count). The first-order valence-electron chi connectivity index (χ1n) is 5.74. The van der Waals surface area contributed by atoms with Gasteiger partial charge in [0.05, 0.1) is 12.0 Å². The highest BCUT2D eigenvalue weighted by molar-refractivity contribution is 6.02. The van der Waals surface area contributed by atoms with Crippen LogP contribution in [0.25, 0.3) is 0 Å². The van der Waals surface area contributed by atoms with E-state index in [1.165, 1.54) is 12.8 Å². The van der Waals surface area contributed by atoms with E-state index in [-0.39, 0.29) is 5.92 Å². The molecule has 2 aliphatic heterocycles. The predicted octanol–water partition coefficient (Wildman–Crippen LogP) is 1.58. The third-order valence-corrected chi connectivity index (χ3v) is 3.72. The van der Waals surface area contributed by atoms with Gasteiger partial charge in [-0.1, -0.05) is 6.42 Å². The fourth-order valence-corrected chi connectivity index (χ4v) is 2.96. The highest BCUT2D eigenvalue weighted by atomic mass is 16.2. The molecular weight excluding hydrogens is 176 g/mol. The third-order valence-electron chi connectivity index (χ3n) is 3.72. The summed E-state index contributed by atoms with van der Waals surface area (Å²) in [5.74, 6) is 1.69. The fraction of sp³-hybridized carbons (Fsp3) is 0.818. The summed E-state index contributed by atoms with van der Waals surface area (Å²) >= 11 is 0. The van der Waals surface area contributed by atoms with Gasteiger partial charge >= 0.3 is 0 Å². The van der Waals surface area contributed by atoms with E-state index in [4.69, 9.17) is 4.99 Å². The summed E-state index contributed by atoms with van der Waals surface area (Å²) in [7, 11) is 0. The van der Waals surface area contributed by atoms with Crippen molar-refractivity contribution in [2.24, 2.45) is 10.9 Å². The normalized spacial score (nSPS) is 36.4. The molecule has 0 radical (unpaired) electrons. The Morgan fingerprint density at radius 3 is 3.07 bits per heavy atom. The van der Waals surface area contributed by atoms with Gasteiger partial charge in [-0.15, -0.1) is 0 Å². The van der Waals surface area contributed by atoms with Crippen LogP contribution in [0.4, 0.5) is 0 Å². The van der Waals surface area contributed by atoms with Crippen LogP contribution in [0, 0.1) is 5.92 Å². The second-order valence-corrected chi connectivity index (χ2v) is 4.60. The molecule has 1 aliphatic carbocycles. The van der Waals surface area contributed by atoms with Crippen LogP contribution >= 0.6 is 0 Å². The topological polar surface area (TPSA) is 32.7 Å². The molecular formula is C11H16N2O. The first-order chi connectivity index (χ1) is 6.86. The van der Waals surface area contributed by atoms with Crippen molar-refractivity contribution in [1.82, 2.24) is 4.90 Å². The highest BCUT2D eigenvalue weighted by Crippen LogP contribution is 2.34. The van der Waals surface area contributed by atoms with Crippen molar-refractivity contribution in [2.45, 2.75) is 44.6 Å². The van der Waals surface area contributed by atoms with Crippen molar-refractivity contribution in [1.29, 1.82) is 0 Å². The molecule has 14 heavy (non-hydrogen) atoms. The van der Waals surface area contributed by atoms with Crippen LogP contribution < -0.4 is 0 Å². The van der Waals surface area contributed by atoms with Gasteiger partial charge in [0, 0.05) is 13.0 Å². The van der Waals surface area contributed by atoms with Gasteiger partial charge in [0.15, 0.2) is 0 Å². The molecule has 0 spiro atoms. The summed E-state index contributed by atoms with van der Waals surface area (Å²) in [5.41, 5.74) is 0. The molecule has 3 heteroatoms. The maximum atomic E-state index is 12.1. The van der Waals surface area contributed by atoms with Crippen LogP contribution in [0.3, 0.4) is 0 Å². The van der Waals surface area contributed by atoms with Gasteiger partial charge in [-0.05, 0) is 25.7 Å². The summed E-state index contributed by atoms with van der Waals surface area (Å²) in [6.45, 7) is 0.918. The summed E-state index contributed by atoms with van der Waals surface area (Å²) in [4.78, 5) is 18.8. The molecule has 0 aromatic carbocycles. The van der Waals surface area contributed by atoms with Crippen LogP contribution in [0.1, 0.15) is 38.5 Å². The Bertz CT molecular complexity index is 298. The van der Waals surface area contributed by atoms with Crippen LogP contribution in [-0.4, -0.2) is 29.2 Å². The smallest absolute Gasteiger partial charge is 0.233 e. The molecule has 1 saturated carbocycles. The van der Waals surface area contributed by atoms with Crippen LogP contribution in [0.5, 0.6) is 0 Å². The second kappa shape index (κ2) is 3.07. The number of carbonyl (C=O) groups is 1. The summed E-state index contributed by atoms with van der Waals surface area (Å²) in [5, 5.41) is 0. The summed E-state index contributed by atoms with van der Waals surface area (Å²) < 4.78 is 0. The zero-order valence-corrected chi connectivity index (χ0v) is 8.41. The molecule has 1 amide bonds. The quantitative estimate of drug-likeness (QED) is 0.573. The van der Waals surface area contributed by atoms with E-state index in [1.807, 2.05) is 4.90 Å². The van der Waals surface area contributed by atoms with Gasteiger partial charge in [-0.3, -0.25) is 9.79 Å². The number of aliphatic imine (C=N–C) groups is 1. The number of carbonyl (C=O) groups excluding carboxylic acids is 1. The SMILES string of the molecule is O=C1[C@@H]2CCC[C@@H]2N=C2CCCCN12. The van der Waals surface area contributed by atoms with Crippen LogP contribution in [0.15, 0.2) is 4.99 Å². The van der Waals surface area contributed by atoms with Crippen molar-refractivity contribution in [3.8, 4) is 0 Å². The molecule has 0 aromatic heterocycles. The molecule has 76 valence electrons. The minimum atomic E-state index is 0.233. The molecule has 3 aliphatic rings. The van der Waals surface area contributed by atoms with Gasteiger partial charge in [0.2, 0.25) is 5.91 Å². The summed E-state index contributed by atoms with van der Waals surface area (Å²) in [6.07, 6.45) is 6.77. The Balaban J connectivity index is 1.94. The predicted molar refractivity (Wildman–Crippen MR) is 54.1 cm³/mol. The lowest BCUT2D eigenvalue weighted by Gasteiger charge is -2.36. The molecule has 1 saturated heterocycles. The molecule has 0 unspecified atom stereocenters. The Morgan fingerprint density at radius 2 is 2.14 bits per heavy atom. The van der Waals surface area contributed by atoms with E-state index < -0.39 is 0 Å². The maximum absolute atomic E-state index is 12.1. The zero-order chi connectivity index (χ0) is 9.54. The Morgan fingerprint density at radius 1 is 1.21 bits per heavy atom. The second-order valence-electron chi connectivity index (χ2n) is 4.60. The minimum Gasteiger partial charge on any atom is -0.300 e.